The second kappa shape index (κ2) is 10.6. The van der Waals surface area contributed by atoms with E-state index in [1.54, 1.807) is 12.1 Å². The summed E-state index contributed by atoms with van der Waals surface area (Å²) in [5.74, 6) is -0.460. The molecule has 7 nitrogen and oxygen atoms in total. The fourth-order valence-electron chi connectivity index (χ4n) is 3.51. The molecular weight excluding hydrogens is 406 g/mol. The highest BCUT2D eigenvalue weighted by atomic mass is 16.5. The summed E-state index contributed by atoms with van der Waals surface area (Å²) in [5.41, 5.74) is 4.51. The molecule has 2 N–H and O–H groups in total. The first kappa shape index (κ1) is 23.1. The minimum absolute atomic E-state index is 0.102. The number of amides is 1. The van der Waals surface area contributed by atoms with Gasteiger partial charge in [0.05, 0.1) is 17.8 Å². The van der Waals surface area contributed by atoms with Crippen LogP contribution in [-0.4, -0.2) is 33.3 Å². The Hall–Kier alpha value is -3.61. The number of nitrogens with one attached hydrogen (secondary N) is 1. The van der Waals surface area contributed by atoms with Gasteiger partial charge in [0.2, 0.25) is 0 Å². The average Bonchev–Trinajstić information content (AvgIpc) is 3.11. The highest BCUT2D eigenvalue weighted by Gasteiger charge is 2.15. The lowest BCUT2D eigenvalue weighted by atomic mass is 10.0. The number of hydrogen-bond acceptors (Lipinski definition) is 4. The number of aliphatic carboxylic acids is 1. The maximum Gasteiger partial charge on any atom is 0.305 e. The van der Waals surface area contributed by atoms with Crippen LogP contribution in [0.15, 0.2) is 54.6 Å². The van der Waals surface area contributed by atoms with Crippen LogP contribution in [0.1, 0.15) is 59.6 Å². The van der Waals surface area contributed by atoms with E-state index in [1.807, 2.05) is 61.0 Å². The summed E-state index contributed by atoms with van der Waals surface area (Å²) in [4.78, 5) is 22.7. The predicted octanol–water partition coefficient (Wildman–Crippen LogP) is 4.61. The third-order valence-corrected chi connectivity index (χ3v) is 5.09. The van der Waals surface area contributed by atoms with Crippen LogP contribution in [0.4, 0.5) is 0 Å². The molecule has 1 unspecified atom stereocenters. The molecule has 1 atom stereocenters. The molecule has 0 fully saturated rings. The second-order valence-corrected chi connectivity index (χ2v) is 7.75. The van der Waals surface area contributed by atoms with Crippen molar-refractivity contribution >= 4 is 11.9 Å². The van der Waals surface area contributed by atoms with Crippen molar-refractivity contribution in [3.05, 3.63) is 77.1 Å². The van der Waals surface area contributed by atoms with Gasteiger partial charge in [-0.25, -0.2) is 4.68 Å². The molecule has 168 valence electrons. The maximum absolute atomic E-state index is 12.2. The molecule has 0 aliphatic carbocycles. The first-order valence-electron chi connectivity index (χ1n) is 10.8. The van der Waals surface area contributed by atoms with Crippen molar-refractivity contribution in [2.24, 2.45) is 0 Å². The van der Waals surface area contributed by atoms with Crippen LogP contribution < -0.4 is 10.1 Å². The molecule has 0 saturated carbocycles. The SMILES string of the molecule is CCCC(Oc1ccc(-n2nc(C)cc2C)cc1)c1ccc(C(=O)NCCC(=O)O)cc1. The molecule has 0 aliphatic heterocycles. The Kier molecular flexibility index (Phi) is 7.65. The molecule has 1 amide bonds. The van der Waals surface area contributed by atoms with Crippen molar-refractivity contribution in [2.75, 3.05) is 6.54 Å². The summed E-state index contributed by atoms with van der Waals surface area (Å²) >= 11 is 0. The van der Waals surface area contributed by atoms with E-state index >= 15 is 0 Å². The number of rotatable bonds is 10. The zero-order valence-corrected chi connectivity index (χ0v) is 18.7. The van der Waals surface area contributed by atoms with Gasteiger partial charge in [0.25, 0.3) is 5.91 Å². The van der Waals surface area contributed by atoms with Gasteiger partial charge in [0.15, 0.2) is 0 Å². The number of aryl methyl sites for hydroxylation is 2. The third-order valence-electron chi connectivity index (χ3n) is 5.09. The lowest BCUT2D eigenvalue weighted by molar-refractivity contribution is -0.136. The highest BCUT2D eigenvalue weighted by molar-refractivity contribution is 5.94. The van der Waals surface area contributed by atoms with Gasteiger partial charge in [0, 0.05) is 17.8 Å². The molecule has 3 rings (SSSR count). The zero-order valence-electron chi connectivity index (χ0n) is 18.7. The second-order valence-electron chi connectivity index (χ2n) is 7.75. The van der Waals surface area contributed by atoms with Crippen LogP contribution >= 0.6 is 0 Å². The maximum atomic E-state index is 12.2. The Morgan fingerprint density at radius 3 is 2.34 bits per heavy atom. The third kappa shape index (κ3) is 5.97. The van der Waals surface area contributed by atoms with Crippen LogP contribution in [0.5, 0.6) is 5.75 Å². The average molecular weight is 436 g/mol. The van der Waals surface area contributed by atoms with Crippen molar-refractivity contribution in [2.45, 2.75) is 46.1 Å². The van der Waals surface area contributed by atoms with E-state index in [9.17, 15) is 9.59 Å². The zero-order chi connectivity index (χ0) is 23.1. The number of benzene rings is 2. The fourth-order valence-corrected chi connectivity index (χ4v) is 3.51. The molecule has 32 heavy (non-hydrogen) atoms. The Balaban J connectivity index is 1.68. The topological polar surface area (TPSA) is 93.5 Å². The van der Waals surface area contributed by atoms with Crippen molar-refractivity contribution in [3.8, 4) is 11.4 Å². The molecule has 0 bridgehead atoms. The standard InChI is InChI=1S/C25H29N3O4/c1-4-5-23(19-6-8-20(9-7-19)25(31)26-15-14-24(29)30)32-22-12-10-21(11-13-22)28-18(3)16-17(2)27-28/h6-13,16,23H,4-5,14-15H2,1-3H3,(H,26,31)(H,29,30). The molecule has 1 heterocycles. The Labute approximate surface area is 188 Å². The monoisotopic (exact) mass is 435 g/mol. The van der Waals surface area contributed by atoms with Gasteiger partial charge in [-0.3, -0.25) is 9.59 Å². The molecule has 2 aromatic carbocycles. The van der Waals surface area contributed by atoms with Gasteiger partial charge >= 0.3 is 5.97 Å². The van der Waals surface area contributed by atoms with Crippen LogP contribution in [0.3, 0.4) is 0 Å². The molecule has 0 aliphatic rings. The van der Waals surface area contributed by atoms with Gasteiger partial charge < -0.3 is 15.2 Å². The normalized spacial score (nSPS) is 11.7. The fraction of sp³-hybridized carbons (Fsp3) is 0.320. The van der Waals surface area contributed by atoms with Crippen LogP contribution in [-0.2, 0) is 4.79 Å². The minimum Gasteiger partial charge on any atom is -0.486 e. The number of ether oxygens (including phenoxy) is 1. The first-order chi connectivity index (χ1) is 15.4. The van der Waals surface area contributed by atoms with Crippen LogP contribution in [0.2, 0.25) is 0 Å². The predicted molar refractivity (Wildman–Crippen MR) is 122 cm³/mol. The van der Waals surface area contributed by atoms with Crippen LogP contribution in [0, 0.1) is 13.8 Å². The number of carboxylic acids is 1. The quantitative estimate of drug-likeness (QED) is 0.485. The van der Waals surface area contributed by atoms with E-state index in [0.29, 0.717) is 5.56 Å². The molecule has 0 radical (unpaired) electrons. The Bertz CT molecular complexity index is 1060. The van der Waals surface area contributed by atoms with Gasteiger partial charge in [0.1, 0.15) is 11.9 Å². The highest BCUT2D eigenvalue weighted by Crippen LogP contribution is 2.27. The van der Waals surface area contributed by atoms with E-state index in [4.69, 9.17) is 9.84 Å². The number of carbonyl (C=O) groups is 2. The number of carboxylic acid groups (broad SMARTS) is 1. The summed E-state index contributed by atoms with van der Waals surface area (Å²) in [6.07, 6.45) is 1.55. The Morgan fingerprint density at radius 2 is 1.78 bits per heavy atom. The lowest BCUT2D eigenvalue weighted by Gasteiger charge is -2.20. The van der Waals surface area contributed by atoms with E-state index in [2.05, 4.69) is 17.3 Å². The summed E-state index contributed by atoms with van der Waals surface area (Å²) in [5, 5.41) is 15.8. The minimum atomic E-state index is -0.942. The molecular formula is C25H29N3O4. The smallest absolute Gasteiger partial charge is 0.305 e. The summed E-state index contributed by atoms with van der Waals surface area (Å²) < 4.78 is 8.17. The van der Waals surface area contributed by atoms with E-state index < -0.39 is 5.97 Å². The van der Waals surface area contributed by atoms with Gasteiger partial charge in [-0.05, 0) is 68.3 Å². The number of nitrogens with zero attached hydrogens (tertiary/aromatic N) is 2. The molecule has 1 aromatic heterocycles. The molecule has 0 spiro atoms. The Morgan fingerprint density at radius 1 is 1.09 bits per heavy atom. The van der Waals surface area contributed by atoms with E-state index in [-0.39, 0.29) is 25.0 Å². The number of carbonyl (C=O) groups excluding carboxylic acids is 1. The molecule has 3 aromatic rings. The van der Waals surface area contributed by atoms with E-state index in [0.717, 1.165) is 41.2 Å². The van der Waals surface area contributed by atoms with Gasteiger partial charge in [-0.2, -0.15) is 5.10 Å². The summed E-state index contributed by atoms with van der Waals surface area (Å²) in [7, 11) is 0. The lowest BCUT2D eigenvalue weighted by Crippen LogP contribution is -2.26. The van der Waals surface area contributed by atoms with Crippen LogP contribution in [0.25, 0.3) is 5.69 Å². The summed E-state index contributed by atoms with van der Waals surface area (Å²) in [6.45, 7) is 6.21. The van der Waals surface area contributed by atoms with Gasteiger partial charge in [-0.15, -0.1) is 0 Å². The molecule has 7 heteroatoms. The molecule has 0 saturated heterocycles. The largest absolute Gasteiger partial charge is 0.486 e. The summed E-state index contributed by atoms with van der Waals surface area (Å²) in [6, 6.07) is 17.2. The van der Waals surface area contributed by atoms with Crippen molar-refractivity contribution in [1.82, 2.24) is 15.1 Å². The van der Waals surface area contributed by atoms with Gasteiger partial charge in [-0.1, -0.05) is 25.5 Å². The van der Waals surface area contributed by atoms with E-state index in [1.165, 1.54) is 0 Å². The number of aromatic nitrogens is 2. The van der Waals surface area contributed by atoms with Crippen molar-refractivity contribution in [3.63, 3.8) is 0 Å². The first-order valence-corrected chi connectivity index (χ1v) is 10.8. The van der Waals surface area contributed by atoms with Crippen molar-refractivity contribution < 1.29 is 19.4 Å². The number of hydrogen-bond donors (Lipinski definition) is 2. The van der Waals surface area contributed by atoms with Crippen molar-refractivity contribution in [1.29, 1.82) is 0 Å².